The molecule has 0 spiro atoms. The lowest BCUT2D eigenvalue weighted by molar-refractivity contribution is -0.136. The smallest absolute Gasteiger partial charge is 0.239 e. The van der Waals surface area contributed by atoms with Crippen LogP contribution in [0.4, 0.5) is 0 Å². The zero-order valence-electron chi connectivity index (χ0n) is 13.9. The van der Waals surface area contributed by atoms with Crippen molar-refractivity contribution in [2.24, 2.45) is 17.6 Å². The van der Waals surface area contributed by atoms with Crippen LogP contribution in [0.15, 0.2) is 0 Å². The Morgan fingerprint density at radius 3 is 1.75 bits per heavy atom. The Morgan fingerprint density at radius 1 is 1.00 bits per heavy atom. The molecule has 2 unspecified atom stereocenters. The molecular formula is C14H33Cl2N3O. The first-order valence-electron chi connectivity index (χ1n) is 6.85. The van der Waals surface area contributed by atoms with Gasteiger partial charge in [-0.25, -0.2) is 0 Å². The van der Waals surface area contributed by atoms with Crippen molar-refractivity contribution >= 4 is 30.7 Å². The van der Waals surface area contributed by atoms with E-state index in [0.717, 1.165) is 13.0 Å². The van der Waals surface area contributed by atoms with Gasteiger partial charge in [-0.2, -0.15) is 0 Å². The lowest BCUT2D eigenvalue weighted by atomic mass is 10.00. The summed E-state index contributed by atoms with van der Waals surface area (Å²) in [7, 11) is 5.78. The van der Waals surface area contributed by atoms with Crippen LogP contribution in [-0.2, 0) is 4.79 Å². The van der Waals surface area contributed by atoms with E-state index < -0.39 is 0 Å². The number of carbonyl (C=O) groups excluding carboxylic acids is 1. The van der Waals surface area contributed by atoms with Crippen LogP contribution in [0.1, 0.15) is 34.1 Å². The van der Waals surface area contributed by atoms with E-state index in [4.69, 9.17) is 5.73 Å². The van der Waals surface area contributed by atoms with Crippen molar-refractivity contribution in [1.82, 2.24) is 9.80 Å². The zero-order chi connectivity index (χ0) is 14.5. The molecule has 1 amide bonds. The summed E-state index contributed by atoms with van der Waals surface area (Å²) in [5.41, 5.74) is 6.01. The highest BCUT2D eigenvalue weighted by Gasteiger charge is 2.27. The van der Waals surface area contributed by atoms with Gasteiger partial charge in [-0.15, -0.1) is 24.8 Å². The van der Waals surface area contributed by atoms with Crippen LogP contribution in [0.5, 0.6) is 0 Å². The van der Waals surface area contributed by atoms with Gasteiger partial charge in [0.1, 0.15) is 0 Å². The van der Waals surface area contributed by atoms with E-state index in [1.54, 1.807) is 0 Å². The lowest BCUT2D eigenvalue weighted by Crippen LogP contribution is -2.48. The van der Waals surface area contributed by atoms with Crippen molar-refractivity contribution in [1.29, 1.82) is 0 Å². The summed E-state index contributed by atoms with van der Waals surface area (Å²) in [5, 5.41) is 0. The largest absolute Gasteiger partial charge is 0.344 e. The predicted octanol–water partition coefficient (Wildman–Crippen LogP) is 2.25. The average molecular weight is 330 g/mol. The fourth-order valence-corrected chi connectivity index (χ4v) is 2.11. The molecule has 0 radical (unpaired) electrons. The Hall–Kier alpha value is -0.0300. The van der Waals surface area contributed by atoms with Crippen LogP contribution in [0.3, 0.4) is 0 Å². The van der Waals surface area contributed by atoms with Crippen molar-refractivity contribution in [3.8, 4) is 0 Å². The number of halogens is 2. The molecule has 0 aromatic rings. The molecule has 4 nitrogen and oxygen atoms in total. The highest BCUT2D eigenvalue weighted by molar-refractivity contribution is 5.85. The fourth-order valence-electron chi connectivity index (χ4n) is 2.11. The van der Waals surface area contributed by atoms with Gasteiger partial charge < -0.3 is 10.6 Å². The molecule has 0 saturated heterocycles. The van der Waals surface area contributed by atoms with Gasteiger partial charge in [-0.3, -0.25) is 9.69 Å². The molecule has 0 heterocycles. The molecule has 2 N–H and O–H groups in total. The van der Waals surface area contributed by atoms with Gasteiger partial charge >= 0.3 is 0 Å². The number of hydrogen-bond donors (Lipinski definition) is 1. The number of rotatable bonds is 7. The standard InChI is InChI=1S/C14H31N3O.2ClH/c1-10(2)12(15)8-9-17(7)14(18)13(11(3)4)16(5)6;;/h10-13H,8-9,15H2,1-7H3;2*1H. The molecule has 0 saturated carbocycles. The van der Waals surface area contributed by atoms with E-state index in [0.29, 0.717) is 11.8 Å². The monoisotopic (exact) mass is 329 g/mol. The minimum Gasteiger partial charge on any atom is -0.344 e. The molecule has 0 aromatic carbocycles. The van der Waals surface area contributed by atoms with Crippen LogP contribution >= 0.6 is 24.8 Å². The van der Waals surface area contributed by atoms with Crippen molar-refractivity contribution in [2.75, 3.05) is 27.7 Å². The van der Waals surface area contributed by atoms with Crippen molar-refractivity contribution in [3.63, 3.8) is 0 Å². The zero-order valence-corrected chi connectivity index (χ0v) is 15.6. The molecule has 0 aromatic heterocycles. The number of carbonyl (C=O) groups is 1. The summed E-state index contributed by atoms with van der Waals surface area (Å²) in [4.78, 5) is 16.2. The van der Waals surface area contributed by atoms with Gasteiger partial charge in [0.05, 0.1) is 6.04 Å². The van der Waals surface area contributed by atoms with Crippen LogP contribution < -0.4 is 5.73 Å². The van der Waals surface area contributed by atoms with Crippen LogP contribution in [0, 0.1) is 11.8 Å². The molecule has 0 fully saturated rings. The topological polar surface area (TPSA) is 49.6 Å². The van der Waals surface area contributed by atoms with E-state index in [2.05, 4.69) is 27.7 Å². The molecule has 0 rings (SSSR count). The van der Waals surface area contributed by atoms with Crippen molar-refractivity contribution in [2.45, 2.75) is 46.2 Å². The summed E-state index contributed by atoms with van der Waals surface area (Å²) >= 11 is 0. The maximum atomic E-state index is 12.4. The molecule has 6 heteroatoms. The summed E-state index contributed by atoms with van der Waals surface area (Å²) in [6.07, 6.45) is 0.859. The number of hydrogen-bond acceptors (Lipinski definition) is 3. The Morgan fingerprint density at radius 2 is 1.45 bits per heavy atom. The third-order valence-electron chi connectivity index (χ3n) is 3.47. The Labute approximate surface area is 137 Å². The predicted molar refractivity (Wildman–Crippen MR) is 91.9 cm³/mol. The second-order valence-electron chi connectivity index (χ2n) is 6.11. The maximum absolute atomic E-state index is 12.4. The van der Waals surface area contributed by atoms with E-state index in [9.17, 15) is 4.79 Å². The van der Waals surface area contributed by atoms with E-state index >= 15 is 0 Å². The summed E-state index contributed by atoms with van der Waals surface area (Å²) in [5.74, 6) is 0.961. The van der Waals surface area contributed by atoms with Gasteiger partial charge in [0, 0.05) is 19.6 Å². The molecular weight excluding hydrogens is 297 g/mol. The highest BCUT2D eigenvalue weighted by Crippen LogP contribution is 2.11. The number of nitrogens with zero attached hydrogens (tertiary/aromatic N) is 2. The van der Waals surface area contributed by atoms with E-state index in [1.165, 1.54) is 0 Å². The van der Waals surface area contributed by atoms with Gasteiger partial charge in [-0.1, -0.05) is 27.7 Å². The minimum atomic E-state index is -0.0507. The van der Waals surface area contributed by atoms with Gasteiger partial charge in [0.2, 0.25) is 5.91 Å². The third kappa shape index (κ3) is 8.30. The molecule has 0 aliphatic rings. The second kappa shape index (κ2) is 11.6. The van der Waals surface area contributed by atoms with Gasteiger partial charge in [0.15, 0.2) is 0 Å². The van der Waals surface area contributed by atoms with Crippen molar-refractivity contribution in [3.05, 3.63) is 0 Å². The number of likely N-dealkylation sites (N-methyl/N-ethyl adjacent to an activating group) is 2. The fraction of sp³-hybridized carbons (Fsp3) is 0.929. The van der Waals surface area contributed by atoms with Crippen LogP contribution in [-0.4, -0.2) is 55.5 Å². The Kier molecular flexibility index (Phi) is 14.5. The summed E-state index contributed by atoms with van der Waals surface area (Å²) in [6.45, 7) is 9.12. The molecule has 0 bridgehead atoms. The number of amides is 1. The van der Waals surface area contributed by atoms with Crippen LogP contribution in [0.2, 0.25) is 0 Å². The third-order valence-corrected chi connectivity index (χ3v) is 3.47. The Balaban J connectivity index is -0.00000144. The average Bonchev–Trinajstić information content (AvgIpc) is 2.23. The second-order valence-corrected chi connectivity index (χ2v) is 6.11. The first-order chi connectivity index (χ1) is 8.18. The first kappa shape index (κ1) is 25.0. The lowest BCUT2D eigenvalue weighted by Gasteiger charge is -2.31. The minimum absolute atomic E-state index is 0. The molecule has 124 valence electrons. The van der Waals surface area contributed by atoms with E-state index in [1.807, 2.05) is 30.9 Å². The molecule has 2 atom stereocenters. The van der Waals surface area contributed by atoms with Crippen LogP contribution in [0.25, 0.3) is 0 Å². The van der Waals surface area contributed by atoms with Gasteiger partial charge in [-0.05, 0) is 32.4 Å². The normalized spacial score (nSPS) is 13.8. The Bertz CT molecular complexity index is 253. The SMILES string of the molecule is CC(C)C(N)CCN(C)C(=O)C(C(C)C)N(C)C.Cl.Cl. The van der Waals surface area contributed by atoms with Gasteiger partial charge in [0.25, 0.3) is 0 Å². The quantitative estimate of drug-likeness (QED) is 0.779. The highest BCUT2D eigenvalue weighted by atomic mass is 35.5. The summed E-state index contributed by atoms with van der Waals surface area (Å²) in [6, 6.07) is 0.113. The molecule has 0 aliphatic heterocycles. The number of nitrogens with two attached hydrogens (primary N) is 1. The molecule has 20 heavy (non-hydrogen) atoms. The summed E-state index contributed by atoms with van der Waals surface area (Å²) < 4.78 is 0. The van der Waals surface area contributed by atoms with E-state index in [-0.39, 0.29) is 42.8 Å². The molecule has 0 aliphatic carbocycles. The first-order valence-corrected chi connectivity index (χ1v) is 6.85. The van der Waals surface area contributed by atoms with Crippen molar-refractivity contribution < 1.29 is 4.79 Å². The maximum Gasteiger partial charge on any atom is 0.239 e.